The van der Waals surface area contributed by atoms with Gasteiger partial charge in [-0.3, -0.25) is 14.6 Å². The standard InChI is InChI=1S/C46H67FN6O10S/c1-12-33-45(8,58)29-16-17-31(52-59-21-28-15-14-27(20-49-28)41-50-34(48)22-64-41)38-30(18-23(3)36(25(29)5)51-35(54)13-2)46(9,63-38)40(26(6)39(56)44(7,47)43(57)61-33)62-42-37(55)32(53(10)11)19-24(4)60-42/h14-15,20,22-26,29-30,32-33,37-38,40,42,55,58H,12-13,16-19,21,48H2,1-11H3/b51-36+,52-31+/t23-,24-,25-,26?,29-,30?,32+,33-,37-,38?,40-,42+,44+,45+,46-/m1/s1. The molecule has 4 bridgehead atoms. The van der Waals surface area contributed by atoms with Crippen LogP contribution < -0.4 is 5.73 Å². The molecule has 16 nitrogen and oxygen atoms in total. The Kier molecular flexibility index (Phi) is 15.2. The number of amides is 1. The summed E-state index contributed by atoms with van der Waals surface area (Å²) in [5.74, 6) is -6.08. The molecule has 2 aromatic rings. The van der Waals surface area contributed by atoms with Gasteiger partial charge >= 0.3 is 5.97 Å². The van der Waals surface area contributed by atoms with Gasteiger partial charge in [-0.2, -0.15) is 0 Å². The average Bonchev–Trinajstić information content (AvgIpc) is 3.69. The molecule has 15 atom stereocenters. The molecule has 0 spiro atoms. The van der Waals surface area contributed by atoms with E-state index >= 15 is 4.39 Å². The number of aliphatic imine (C=N–C) groups is 1. The van der Waals surface area contributed by atoms with E-state index in [1.54, 1.807) is 32.3 Å². The Morgan fingerprint density at radius 3 is 2.42 bits per heavy atom. The monoisotopic (exact) mass is 914 g/mol. The SMILES string of the molecule is CCC(=O)/N=C1\[C@H](C)CC2C3O[C@@]2(C)[C@H](O[C@@H]2O[C@H](C)C[C@H](N(C)C)[C@H]2O)C(C)C(=O)[C@](C)(F)C(=O)O[C@H](CC)[C@@](C)(O)[C@H](CC/C3=N\OCc2ccc(-c3nc(N)cs3)cn2)[C@H]1C. The number of nitrogen functional groups attached to an aromatic ring is 1. The average molecular weight is 915 g/mol. The van der Waals surface area contributed by atoms with Gasteiger partial charge < -0.3 is 44.6 Å². The maximum absolute atomic E-state index is 17.1. The van der Waals surface area contributed by atoms with Gasteiger partial charge in [-0.15, -0.1) is 11.3 Å². The topological polar surface area (TPSA) is 218 Å². The molecule has 1 amide bonds. The second kappa shape index (κ2) is 19.6. The number of esters is 1. The molecular weight excluding hydrogens is 848 g/mol. The number of thiazole rings is 1. The molecule has 354 valence electrons. The number of alkyl halides is 1. The van der Waals surface area contributed by atoms with Crippen LogP contribution >= 0.6 is 11.3 Å². The maximum Gasteiger partial charge on any atom is 0.351 e. The van der Waals surface area contributed by atoms with Gasteiger partial charge in [-0.05, 0) is 97.9 Å². The number of hydrogen-bond donors (Lipinski definition) is 3. The van der Waals surface area contributed by atoms with E-state index in [0.717, 1.165) is 17.5 Å². The lowest BCUT2D eigenvalue weighted by Crippen LogP contribution is -2.71. The first-order valence-electron chi connectivity index (χ1n) is 22.5. The van der Waals surface area contributed by atoms with Crippen LogP contribution in [0.25, 0.3) is 10.6 Å². The summed E-state index contributed by atoms with van der Waals surface area (Å²) in [5.41, 5.74) is 1.88. The molecule has 1 saturated carbocycles. The third-order valence-corrected chi connectivity index (χ3v) is 15.0. The Morgan fingerprint density at radius 1 is 1.09 bits per heavy atom. The van der Waals surface area contributed by atoms with E-state index in [0.29, 0.717) is 35.8 Å². The minimum atomic E-state index is -3.18. The Hall–Kier alpha value is -3.78. The van der Waals surface area contributed by atoms with Crippen molar-refractivity contribution in [1.29, 1.82) is 0 Å². The number of aliphatic hydroxyl groups is 2. The molecule has 6 aliphatic rings. The molecular formula is C46H67FN6O10S. The number of pyridine rings is 1. The highest BCUT2D eigenvalue weighted by atomic mass is 32.1. The highest BCUT2D eigenvalue weighted by Gasteiger charge is 2.64. The summed E-state index contributed by atoms with van der Waals surface area (Å²) in [6, 6.07) is 3.30. The largest absolute Gasteiger partial charge is 0.457 e. The zero-order valence-electron chi connectivity index (χ0n) is 38.9. The summed E-state index contributed by atoms with van der Waals surface area (Å²) in [4.78, 5) is 63.2. The molecule has 6 fully saturated rings. The molecule has 18 heteroatoms. The van der Waals surface area contributed by atoms with Crippen LogP contribution in [0.5, 0.6) is 0 Å². The number of carbonyl (C=O) groups is 3. The maximum atomic E-state index is 17.1. The molecule has 2 aromatic heterocycles. The number of ketones is 1. The van der Waals surface area contributed by atoms with Gasteiger partial charge in [0, 0.05) is 53.1 Å². The second-order valence-electron chi connectivity index (χ2n) is 19.0. The quantitative estimate of drug-likeness (QED) is 0.156. The van der Waals surface area contributed by atoms with E-state index in [2.05, 4.69) is 15.0 Å². The zero-order chi connectivity index (χ0) is 47.1. The molecule has 64 heavy (non-hydrogen) atoms. The smallest absolute Gasteiger partial charge is 0.351 e. The van der Waals surface area contributed by atoms with Gasteiger partial charge in [-0.1, -0.05) is 39.8 Å². The minimum absolute atomic E-state index is 0.00464. The van der Waals surface area contributed by atoms with Crippen molar-refractivity contribution in [2.75, 3.05) is 19.8 Å². The van der Waals surface area contributed by atoms with E-state index in [1.807, 2.05) is 51.9 Å². The summed E-state index contributed by atoms with van der Waals surface area (Å²) in [7, 11) is 3.67. The number of likely N-dealkylation sites (N-methyl/N-ethyl adjacent to an activating group) is 1. The van der Waals surface area contributed by atoms with Crippen molar-refractivity contribution in [2.45, 2.75) is 167 Å². The number of nitrogens with zero attached hydrogens (tertiary/aromatic N) is 5. The van der Waals surface area contributed by atoms with Gasteiger partial charge in [0.05, 0.1) is 29.2 Å². The van der Waals surface area contributed by atoms with Crippen LogP contribution in [0, 0.1) is 29.6 Å². The molecule has 5 saturated heterocycles. The van der Waals surface area contributed by atoms with Crippen molar-refractivity contribution in [3.05, 3.63) is 29.4 Å². The van der Waals surface area contributed by atoms with Crippen molar-refractivity contribution in [1.82, 2.24) is 14.9 Å². The number of carbonyl (C=O) groups excluding carboxylic acids is 3. The normalized spacial score (nSPS) is 40.0. The summed E-state index contributed by atoms with van der Waals surface area (Å²) >= 11 is 1.41. The van der Waals surface area contributed by atoms with E-state index in [1.165, 1.54) is 25.2 Å². The highest BCUT2D eigenvalue weighted by molar-refractivity contribution is 7.13. The number of oxime groups is 1. The fraction of sp³-hybridized carbons (Fsp3) is 0.717. The number of halogens is 1. The van der Waals surface area contributed by atoms with Crippen molar-refractivity contribution >= 4 is 46.2 Å². The third-order valence-electron chi connectivity index (χ3n) is 14.1. The first-order valence-corrected chi connectivity index (χ1v) is 23.4. The fourth-order valence-corrected chi connectivity index (χ4v) is 11.0. The number of anilines is 1. The Balaban J connectivity index is 1.49. The lowest BCUT2D eigenvalue weighted by molar-refractivity contribution is -0.338. The molecule has 5 aliphatic heterocycles. The van der Waals surface area contributed by atoms with Crippen LogP contribution in [0.3, 0.4) is 0 Å². The highest BCUT2D eigenvalue weighted by Crippen LogP contribution is 2.52. The first kappa shape index (κ1) is 49.6. The van der Waals surface area contributed by atoms with E-state index in [9.17, 15) is 24.6 Å². The van der Waals surface area contributed by atoms with Gasteiger partial charge in [0.2, 0.25) is 5.91 Å². The van der Waals surface area contributed by atoms with Gasteiger partial charge in [0.15, 0.2) is 18.7 Å². The van der Waals surface area contributed by atoms with Gasteiger partial charge in [0.25, 0.3) is 5.67 Å². The van der Waals surface area contributed by atoms with Gasteiger partial charge in [-0.25, -0.2) is 19.2 Å². The zero-order valence-corrected chi connectivity index (χ0v) is 39.8. The third kappa shape index (κ3) is 9.83. The molecule has 3 unspecified atom stereocenters. The lowest BCUT2D eigenvalue weighted by atomic mass is 9.62. The Morgan fingerprint density at radius 2 is 1.81 bits per heavy atom. The lowest BCUT2D eigenvalue weighted by Gasteiger charge is -2.59. The number of ether oxygens (including phenoxy) is 4. The molecule has 0 aromatic carbocycles. The second-order valence-corrected chi connectivity index (χ2v) is 19.8. The molecule has 0 radical (unpaired) electrons. The van der Waals surface area contributed by atoms with Crippen molar-refractivity contribution in [2.24, 2.45) is 39.7 Å². The number of Topliss-reactive ketones (excluding diaryl/α,β-unsaturated/α-hetero) is 1. The summed E-state index contributed by atoms with van der Waals surface area (Å²) in [5, 5.41) is 31.5. The Labute approximate surface area is 379 Å². The van der Waals surface area contributed by atoms with Crippen LogP contribution in [-0.2, 0) is 44.8 Å². The van der Waals surface area contributed by atoms with Crippen molar-refractivity contribution in [3.63, 3.8) is 0 Å². The summed E-state index contributed by atoms with van der Waals surface area (Å²) in [6.45, 7) is 14.8. The Bertz CT molecular complexity index is 2060. The van der Waals surface area contributed by atoms with E-state index < -0.39 is 88.9 Å². The van der Waals surface area contributed by atoms with Crippen LogP contribution in [-0.4, -0.2) is 128 Å². The minimum Gasteiger partial charge on any atom is -0.457 e. The molecule has 7 heterocycles. The van der Waals surface area contributed by atoms with Crippen molar-refractivity contribution < 1.29 is 52.8 Å². The predicted molar refractivity (Wildman–Crippen MR) is 239 cm³/mol. The van der Waals surface area contributed by atoms with E-state index in [4.69, 9.17) is 34.7 Å². The number of nitrogens with two attached hydrogens (primary N) is 1. The number of aromatic nitrogens is 2. The molecule has 1 aliphatic carbocycles. The van der Waals surface area contributed by atoms with Gasteiger partial charge in [0.1, 0.15) is 34.7 Å². The van der Waals surface area contributed by atoms with E-state index in [-0.39, 0.29) is 50.3 Å². The van der Waals surface area contributed by atoms with Crippen LogP contribution in [0.2, 0.25) is 0 Å². The van der Waals surface area contributed by atoms with Crippen molar-refractivity contribution in [3.8, 4) is 10.6 Å². The summed E-state index contributed by atoms with van der Waals surface area (Å²) in [6.07, 6.45) is -2.94. The number of rotatable bonds is 9. The van der Waals surface area contributed by atoms with Crippen LogP contribution in [0.15, 0.2) is 33.9 Å². The number of hydrogen-bond acceptors (Lipinski definition) is 16. The van der Waals surface area contributed by atoms with Crippen LogP contribution in [0.1, 0.15) is 107 Å². The fourth-order valence-electron chi connectivity index (χ4n) is 10.3. The summed E-state index contributed by atoms with van der Waals surface area (Å²) < 4.78 is 42.8. The van der Waals surface area contributed by atoms with Crippen LogP contribution in [0.4, 0.5) is 10.2 Å². The first-order chi connectivity index (χ1) is 30.0. The molecule has 8 rings (SSSR count). The number of aliphatic hydroxyl groups excluding tert-OH is 1. The molecule has 4 N–H and O–H groups in total. The number of fused-ring (bicyclic) bond motifs is 3. The predicted octanol–water partition coefficient (Wildman–Crippen LogP) is 5.71.